The lowest BCUT2D eigenvalue weighted by Crippen LogP contribution is -2.53. The molecule has 1 aromatic carbocycles. The molecule has 30 heavy (non-hydrogen) atoms. The zero-order chi connectivity index (χ0) is 20.2. The van der Waals surface area contributed by atoms with Gasteiger partial charge in [0.05, 0.1) is 6.26 Å². The molecule has 0 spiro atoms. The van der Waals surface area contributed by atoms with Gasteiger partial charge in [0.15, 0.2) is 11.7 Å². The average Bonchev–Trinajstić information content (AvgIpc) is 3.41. The number of halogens is 2. The summed E-state index contributed by atoms with van der Waals surface area (Å²) in [5.74, 6) is 1.18. The van der Waals surface area contributed by atoms with E-state index in [1.165, 1.54) is 11.8 Å². The van der Waals surface area contributed by atoms with Gasteiger partial charge in [-0.2, -0.15) is 0 Å². The van der Waals surface area contributed by atoms with Crippen LogP contribution in [-0.4, -0.2) is 66.4 Å². The van der Waals surface area contributed by atoms with Gasteiger partial charge in [0.25, 0.3) is 5.91 Å². The van der Waals surface area contributed by atoms with E-state index in [0.29, 0.717) is 18.8 Å². The number of fused-ring (bicyclic) bond motifs is 1. The Morgan fingerprint density at radius 2 is 2.00 bits per heavy atom. The van der Waals surface area contributed by atoms with Crippen molar-refractivity contribution < 1.29 is 9.21 Å². The molecule has 7 nitrogen and oxygen atoms in total. The predicted molar refractivity (Wildman–Crippen MR) is 130 cm³/mol. The molecule has 0 radical (unpaired) electrons. The molecule has 4 rings (SSSR count). The van der Waals surface area contributed by atoms with Crippen LogP contribution in [0.2, 0.25) is 5.02 Å². The molecule has 2 aromatic heterocycles. The number of rotatable bonds is 4. The molecule has 0 bridgehead atoms. The van der Waals surface area contributed by atoms with Gasteiger partial charge in [-0.1, -0.05) is 11.6 Å². The summed E-state index contributed by atoms with van der Waals surface area (Å²) >= 11 is 6.13. The summed E-state index contributed by atoms with van der Waals surface area (Å²) < 4.78 is 5.22. The van der Waals surface area contributed by atoms with Gasteiger partial charge in [0, 0.05) is 61.9 Å². The first-order valence-electron chi connectivity index (χ1n) is 9.69. The number of nitrogens with zero attached hydrogens (tertiary/aromatic N) is 3. The van der Waals surface area contributed by atoms with E-state index in [4.69, 9.17) is 16.0 Å². The van der Waals surface area contributed by atoms with E-state index in [2.05, 4.69) is 20.2 Å². The Kier molecular flexibility index (Phi) is 7.65. The Morgan fingerprint density at radius 3 is 2.70 bits per heavy atom. The van der Waals surface area contributed by atoms with Crippen LogP contribution in [0.5, 0.6) is 0 Å². The molecular formula is C21H25ClIN5O2. The lowest BCUT2D eigenvalue weighted by Gasteiger charge is -2.36. The highest BCUT2D eigenvalue weighted by molar-refractivity contribution is 14.0. The van der Waals surface area contributed by atoms with Gasteiger partial charge in [-0.25, -0.2) is 0 Å². The topological polar surface area (TPSA) is 76.9 Å². The molecule has 160 valence electrons. The first-order valence-corrected chi connectivity index (χ1v) is 10.1. The highest BCUT2D eigenvalue weighted by Gasteiger charge is 2.25. The van der Waals surface area contributed by atoms with Crippen LogP contribution in [0.3, 0.4) is 0 Å². The lowest BCUT2D eigenvalue weighted by molar-refractivity contribution is 0.0658. The summed E-state index contributed by atoms with van der Waals surface area (Å²) in [6, 6.07) is 9.31. The monoisotopic (exact) mass is 541 g/mol. The predicted octanol–water partition coefficient (Wildman–Crippen LogP) is 3.61. The number of furan rings is 1. The van der Waals surface area contributed by atoms with Crippen molar-refractivity contribution >= 4 is 58.3 Å². The van der Waals surface area contributed by atoms with Crippen molar-refractivity contribution in [2.45, 2.75) is 6.42 Å². The van der Waals surface area contributed by atoms with Gasteiger partial charge in [0.1, 0.15) is 0 Å². The third-order valence-corrected chi connectivity index (χ3v) is 5.45. The molecule has 9 heteroatoms. The summed E-state index contributed by atoms with van der Waals surface area (Å²) in [5, 5.41) is 5.33. The van der Waals surface area contributed by atoms with Crippen molar-refractivity contribution in [3.63, 3.8) is 0 Å². The van der Waals surface area contributed by atoms with E-state index < -0.39 is 0 Å². The van der Waals surface area contributed by atoms with Crippen molar-refractivity contribution in [2.75, 3.05) is 39.8 Å². The van der Waals surface area contributed by atoms with E-state index in [-0.39, 0.29) is 29.9 Å². The van der Waals surface area contributed by atoms with Crippen molar-refractivity contribution in [3.05, 3.63) is 59.1 Å². The number of carbonyl (C=O) groups excluding carboxylic acids is 1. The number of piperazine rings is 1. The number of nitrogens with one attached hydrogen (secondary N) is 2. The number of guanidine groups is 1. The van der Waals surface area contributed by atoms with Crippen LogP contribution in [0.4, 0.5) is 0 Å². The van der Waals surface area contributed by atoms with Crippen LogP contribution < -0.4 is 5.32 Å². The number of carbonyl (C=O) groups is 1. The third kappa shape index (κ3) is 4.92. The Labute approximate surface area is 197 Å². The van der Waals surface area contributed by atoms with E-state index in [0.717, 1.165) is 47.9 Å². The van der Waals surface area contributed by atoms with Crippen molar-refractivity contribution in [1.82, 2.24) is 20.1 Å². The Hall–Kier alpha value is -2.20. The molecule has 1 saturated heterocycles. The van der Waals surface area contributed by atoms with Gasteiger partial charge in [-0.3, -0.25) is 9.79 Å². The third-order valence-electron chi connectivity index (χ3n) is 5.22. The Balaban J connectivity index is 0.00000256. The van der Waals surface area contributed by atoms with Crippen molar-refractivity contribution in [2.24, 2.45) is 4.99 Å². The number of benzene rings is 1. The molecule has 0 aliphatic carbocycles. The molecule has 3 aromatic rings. The summed E-state index contributed by atoms with van der Waals surface area (Å²) in [5.41, 5.74) is 2.31. The normalized spacial score (nSPS) is 14.7. The number of hydrogen-bond donors (Lipinski definition) is 2. The van der Waals surface area contributed by atoms with Gasteiger partial charge >= 0.3 is 0 Å². The van der Waals surface area contributed by atoms with Crippen LogP contribution in [0.25, 0.3) is 10.9 Å². The fraction of sp³-hybridized carbons (Fsp3) is 0.333. The summed E-state index contributed by atoms with van der Waals surface area (Å²) in [6.45, 7) is 3.50. The van der Waals surface area contributed by atoms with Crippen LogP contribution in [-0.2, 0) is 6.42 Å². The van der Waals surface area contributed by atoms with Crippen LogP contribution in [0, 0.1) is 0 Å². The summed E-state index contributed by atoms with van der Waals surface area (Å²) in [7, 11) is 1.79. The highest BCUT2D eigenvalue weighted by atomic mass is 127. The minimum atomic E-state index is -0.0596. The minimum Gasteiger partial charge on any atom is -0.459 e. The van der Waals surface area contributed by atoms with Gasteiger partial charge in [-0.05, 0) is 42.3 Å². The zero-order valence-corrected chi connectivity index (χ0v) is 19.8. The second kappa shape index (κ2) is 10.2. The largest absolute Gasteiger partial charge is 0.459 e. The number of H-pyrrole nitrogens is 1. The quantitative estimate of drug-likeness (QED) is 0.301. The van der Waals surface area contributed by atoms with E-state index in [9.17, 15) is 4.79 Å². The number of aromatic amines is 1. The Bertz CT molecular complexity index is 1010. The molecular weight excluding hydrogens is 517 g/mol. The second-order valence-electron chi connectivity index (χ2n) is 6.98. The molecule has 0 atom stereocenters. The first-order chi connectivity index (χ1) is 14.2. The second-order valence-corrected chi connectivity index (χ2v) is 7.42. The van der Waals surface area contributed by atoms with Crippen molar-refractivity contribution in [1.29, 1.82) is 0 Å². The SMILES string of the molecule is CN=C(NCCc1c[nH]c2ccc(Cl)cc12)N1CCN(C(=O)c2ccco2)CC1.I. The highest BCUT2D eigenvalue weighted by Crippen LogP contribution is 2.22. The van der Waals surface area contributed by atoms with Gasteiger partial charge in [-0.15, -0.1) is 24.0 Å². The lowest BCUT2D eigenvalue weighted by atomic mass is 10.1. The molecule has 1 aliphatic heterocycles. The molecule has 2 N–H and O–H groups in total. The number of hydrogen-bond acceptors (Lipinski definition) is 3. The standard InChI is InChI=1S/C21H24ClN5O2.HI/c1-23-21(24-7-6-15-14-25-18-5-4-16(22)13-17(15)18)27-10-8-26(9-11-27)20(28)19-3-2-12-29-19;/h2-5,12-14,25H,6-11H2,1H3,(H,23,24);1H. The molecule has 1 aliphatic rings. The van der Waals surface area contributed by atoms with Crippen LogP contribution in [0.1, 0.15) is 16.1 Å². The maximum absolute atomic E-state index is 12.4. The van der Waals surface area contributed by atoms with Gasteiger partial charge in [0.2, 0.25) is 0 Å². The van der Waals surface area contributed by atoms with E-state index >= 15 is 0 Å². The molecule has 1 fully saturated rings. The Morgan fingerprint density at radius 1 is 1.23 bits per heavy atom. The maximum Gasteiger partial charge on any atom is 0.289 e. The zero-order valence-electron chi connectivity index (χ0n) is 16.7. The molecule has 3 heterocycles. The fourth-order valence-corrected chi connectivity index (χ4v) is 3.85. The molecule has 0 saturated carbocycles. The van der Waals surface area contributed by atoms with Crippen LogP contribution >= 0.6 is 35.6 Å². The number of amides is 1. The summed E-state index contributed by atoms with van der Waals surface area (Å²) in [6.07, 6.45) is 4.41. The maximum atomic E-state index is 12.4. The smallest absolute Gasteiger partial charge is 0.289 e. The number of aromatic nitrogens is 1. The van der Waals surface area contributed by atoms with E-state index in [1.54, 1.807) is 19.2 Å². The van der Waals surface area contributed by atoms with Crippen LogP contribution in [0.15, 0.2) is 52.2 Å². The van der Waals surface area contributed by atoms with Crippen molar-refractivity contribution in [3.8, 4) is 0 Å². The van der Waals surface area contributed by atoms with E-state index in [1.807, 2.05) is 29.3 Å². The first kappa shape index (κ1) is 22.5. The number of aliphatic imine (C=N–C) groups is 1. The molecule has 1 amide bonds. The fourth-order valence-electron chi connectivity index (χ4n) is 3.68. The summed E-state index contributed by atoms with van der Waals surface area (Å²) in [4.78, 5) is 24.1. The average molecular weight is 542 g/mol. The minimum absolute atomic E-state index is 0. The van der Waals surface area contributed by atoms with Gasteiger partial charge < -0.3 is 24.5 Å². The molecule has 0 unspecified atom stereocenters.